The van der Waals surface area contributed by atoms with Crippen molar-refractivity contribution in [1.82, 2.24) is 4.90 Å². The number of hydrogen-bond acceptors (Lipinski definition) is 2. The van der Waals surface area contributed by atoms with Crippen LogP contribution < -0.4 is 0 Å². The highest BCUT2D eigenvalue weighted by Gasteiger charge is 2.24. The first-order chi connectivity index (χ1) is 7.13. The molecule has 0 saturated heterocycles. The molecule has 0 aromatic rings. The van der Waals surface area contributed by atoms with E-state index in [1.54, 1.807) is 0 Å². The molecule has 3 nitrogen and oxygen atoms in total. The molecule has 3 heteroatoms. The lowest BCUT2D eigenvalue weighted by Gasteiger charge is -2.33. The van der Waals surface area contributed by atoms with Gasteiger partial charge in [-0.1, -0.05) is 19.8 Å². The van der Waals surface area contributed by atoms with Gasteiger partial charge in [0.2, 0.25) is 0 Å². The van der Waals surface area contributed by atoms with Gasteiger partial charge in [0.15, 0.2) is 0 Å². The number of carbonyl (C=O) groups is 1. The van der Waals surface area contributed by atoms with Crippen molar-refractivity contribution < 1.29 is 9.90 Å². The van der Waals surface area contributed by atoms with Crippen LogP contribution >= 0.6 is 0 Å². The summed E-state index contributed by atoms with van der Waals surface area (Å²) >= 11 is 0. The first-order valence-corrected chi connectivity index (χ1v) is 6.05. The minimum atomic E-state index is -0.715. The Balaban J connectivity index is 2.27. The van der Waals surface area contributed by atoms with E-state index in [0.717, 1.165) is 5.92 Å². The van der Waals surface area contributed by atoms with Crippen molar-refractivity contribution in [2.75, 3.05) is 13.6 Å². The number of carboxylic acids is 1. The number of rotatable bonds is 5. The second kappa shape index (κ2) is 6.11. The van der Waals surface area contributed by atoms with Crippen LogP contribution in [0.15, 0.2) is 0 Å². The maximum absolute atomic E-state index is 10.6. The quantitative estimate of drug-likeness (QED) is 0.762. The molecule has 0 aromatic heterocycles. The Morgan fingerprint density at radius 1 is 1.33 bits per heavy atom. The molecule has 15 heavy (non-hydrogen) atoms. The van der Waals surface area contributed by atoms with Crippen LogP contribution in [0.2, 0.25) is 0 Å². The van der Waals surface area contributed by atoms with Gasteiger partial charge in [-0.05, 0) is 38.6 Å². The van der Waals surface area contributed by atoms with E-state index < -0.39 is 5.97 Å². The molecule has 1 fully saturated rings. The minimum absolute atomic E-state index is 0.184. The molecular weight excluding hydrogens is 190 g/mol. The number of carboxylic acid groups (broad SMARTS) is 1. The lowest BCUT2D eigenvalue weighted by Crippen LogP contribution is -2.38. The van der Waals surface area contributed by atoms with E-state index in [-0.39, 0.29) is 6.54 Å². The van der Waals surface area contributed by atoms with Crippen LogP contribution in [0, 0.1) is 5.92 Å². The van der Waals surface area contributed by atoms with Gasteiger partial charge in [0.05, 0.1) is 6.54 Å². The molecule has 0 spiro atoms. The standard InChI is InChI=1S/C12H23NO2/c1-3-4-10-5-7-11(8-6-10)13(2)9-12(14)15/h10-11H,3-9H2,1-2H3,(H,14,15). The number of hydrogen-bond donors (Lipinski definition) is 1. The van der Waals surface area contributed by atoms with Gasteiger partial charge in [0.1, 0.15) is 0 Å². The van der Waals surface area contributed by atoms with Crippen LogP contribution in [0.3, 0.4) is 0 Å². The van der Waals surface area contributed by atoms with Crippen molar-refractivity contribution in [1.29, 1.82) is 0 Å². The molecule has 1 N–H and O–H groups in total. The summed E-state index contributed by atoms with van der Waals surface area (Å²) < 4.78 is 0. The number of likely N-dealkylation sites (N-methyl/N-ethyl adjacent to an activating group) is 1. The number of nitrogens with zero attached hydrogens (tertiary/aromatic N) is 1. The second-order valence-corrected chi connectivity index (χ2v) is 4.77. The van der Waals surface area contributed by atoms with Crippen LogP contribution in [0.5, 0.6) is 0 Å². The van der Waals surface area contributed by atoms with Crippen molar-refractivity contribution in [3.05, 3.63) is 0 Å². The summed E-state index contributed by atoms with van der Waals surface area (Å²) in [6, 6.07) is 0.495. The van der Waals surface area contributed by atoms with Crippen molar-refractivity contribution in [2.24, 2.45) is 5.92 Å². The Bertz CT molecular complexity index is 198. The smallest absolute Gasteiger partial charge is 0.317 e. The summed E-state index contributed by atoms with van der Waals surface area (Å²) in [6.07, 6.45) is 7.53. The number of aliphatic carboxylic acids is 1. The second-order valence-electron chi connectivity index (χ2n) is 4.77. The van der Waals surface area contributed by atoms with Gasteiger partial charge in [-0.25, -0.2) is 0 Å². The maximum atomic E-state index is 10.6. The molecule has 0 atom stereocenters. The summed E-state index contributed by atoms with van der Waals surface area (Å²) in [4.78, 5) is 12.6. The van der Waals surface area contributed by atoms with Crippen molar-refractivity contribution in [2.45, 2.75) is 51.5 Å². The third-order valence-corrected chi connectivity index (χ3v) is 3.52. The van der Waals surface area contributed by atoms with Crippen molar-refractivity contribution in [3.8, 4) is 0 Å². The Labute approximate surface area is 92.5 Å². The zero-order chi connectivity index (χ0) is 11.3. The SMILES string of the molecule is CCCC1CCC(N(C)CC(=O)O)CC1. The molecule has 0 aromatic carbocycles. The summed E-state index contributed by atoms with van der Waals surface area (Å²) in [5.41, 5.74) is 0. The zero-order valence-corrected chi connectivity index (χ0v) is 9.91. The lowest BCUT2D eigenvalue weighted by atomic mass is 9.83. The summed E-state index contributed by atoms with van der Waals surface area (Å²) in [5, 5.41) is 8.71. The normalized spacial score (nSPS) is 26.9. The van der Waals surface area contributed by atoms with Crippen LogP contribution in [0.1, 0.15) is 45.4 Å². The van der Waals surface area contributed by atoms with Crippen LogP contribution in [0.4, 0.5) is 0 Å². The maximum Gasteiger partial charge on any atom is 0.317 e. The summed E-state index contributed by atoms with van der Waals surface area (Å²) in [6.45, 7) is 2.42. The van der Waals surface area contributed by atoms with Gasteiger partial charge in [-0.2, -0.15) is 0 Å². The van der Waals surface area contributed by atoms with Crippen LogP contribution in [0.25, 0.3) is 0 Å². The average molecular weight is 213 g/mol. The van der Waals surface area contributed by atoms with Gasteiger partial charge in [0.25, 0.3) is 0 Å². The van der Waals surface area contributed by atoms with Gasteiger partial charge >= 0.3 is 5.97 Å². The van der Waals surface area contributed by atoms with E-state index in [9.17, 15) is 4.79 Å². The molecule has 1 aliphatic carbocycles. The topological polar surface area (TPSA) is 40.5 Å². The Morgan fingerprint density at radius 2 is 1.93 bits per heavy atom. The van der Waals surface area contributed by atoms with E-state index in [4.69, 9.17) is 5.11 Å². The van der Waals surface area contributed by atoms with E-state index in [1.165, 1.54) is 38.5 Å². The summed E-state index contributed by atoms with van der Waals surface area (Å²) in [5.74, 6) is 0.178. The monoisotopic (exact) mass is 213 g/mol. The predicted octanol–water partition coefficient (Wildman–Crippen LogP) is 2.36. The Morgan fingerprint density at radius 3 is 2.40 bits per heavy atom. The van der Waals surface area contributed by atoms with Gasteiger partial charge in [0, 0.05) is 6.04 Å². The largest absolute Gasteiger partial charge is 0.480 e. The summed E-state index contributed by atoms with van der Waals surface area (Å²) in [7, 11) is 1.93. The molecule has 1 saturated carbocycles. The zero-order valence-electron chi connectivity index (χ0n) is 9.91. The van der Waals surface area contributed by atoms with Gasteiger partial charge < -0.3 is 5.11 Å². The van der Waals surface area contributed by atoms with E-state index in [2.05, 4.69) is 6.92 Å². The molecule has 88 valence electrons. The van der Waals surface area contributed by atoms with Crippen molar-refractivity contribution in [3.63, 3.8) is 0 Å². The molecule has 1 aliphatic rings. The molecule has 1 rings (SSSR count). The van der Waals surface area contributed by atoms with Gasteiger partial charge in [-0.3, -0.25) is 9.69 Å². The van der Waals surface area contributed by atoms with E-state index in [1.807, 2.05) is 11.9 Å². The first kappa shape index (κ1) is 12.5. The minimum Gasteiger partial charge on any atom is -0.480 e. The molecular formula is C12H23NO2. The van der Waals surface area contributed by atoms with E-state index in [0.29, 0.717) is 6.04 Å². The fourth-order valence-electron chi connectivity index (χ4n) is 2.63. The average Bonchev–Trinajstić information content (AvgIpc) is 2.18. The highest BCUT2D eigenvalue weighted by Crippen LogP contribution is 2.29. The first-order valence-electron chi connectivity index (χ1n) is 6.05. The molecule has 0 unspecified atom stereocenters. The molecule has 0 amide bonds. The van der Waals surface area contributed by atoms with Crippen LogP contribution in [-0.2, 0) is 4.79 Å². The Kier molecular flexibility index (Phi) is 5.09. The fourth-order valence-corrected chi connectivity index (χ4v) is 2.63. The highest BCUT2D eigenvalue weighted by molar-refractivity contribution is 5.69. The van der Waals surface area contributed by atoms with Crippen molar-refractivity contribution >= 4 is 5.97 Å². The third kappa shape index (κ3) is 4.20. The molecule has 0 aliphatic heterocycles. The van der Waals surface area contributed by atoms with E-state index >= 15 is 0 Å². The highest BCUT2D eigenvalue weighted by atomic mass is 16.4. The van der Waals surface area contributed by atoms with Gasteiger partial charge in [-0.15, -0.1) is 0 Å². The lowest BCUT2D eigenvalue weighted by molar-refractivity contribution is -0.138. The fraction of sp³-hybridized carbons (Fsp3) is 0.917. The molecule has 0 heterocycles. The predicted molar refractivity (Wildman–Crippen MR) is 60.9 cm³/mol. The third-order valence-electron chi connectivity index (χ3n) is 3.52. The molecule has 0 bridgehead atoms. The molecule has 0 radical (unpaired) electrons. The van der Waals surface area contributed by atoms with Crippen LogP contribution in [-0.4, -0.2) is 35.6 Å². The Hall–Kier alpha value is -0.570.